The van der Waals surface area contributed by atoms with Gasteiger partial charge in [-0.25, -0.2) is 0 Å². The van der Waals surface area contributed by atoms with Crippen molar-refractivity contribution >= 4 is 0 Å². The molecule has 0 aliphatic carbocycles. The molecule has 8 nitrogen and oxygen atoms in total. The van der Waals surface area contributed by atoms with E-state index in [9.17, 15) is 5.11 Å². The van der Waals surface area contributed by atoms with Crippen LogP contribution in [0.4, 0.5) is 0 Å². The third-order valence-corrected chi connectivity index (χ3v) is 8.65. The van der Waals surface area contributed by atoms with Gasteiger partial charge in [0.2, 0.25) is 0 Å². The van der Waals surface area contributed by atoms with Gasteiger partial charge in [0, 0.05) is 10.8 Å². The molecule has 4 aromatic rings. The van der Waals surface area contributed by atoms with E-state index in [0.29, 0.717) is 24.7 Å². The summed E-state index contributed by atoms with van der Waals surface area (Å²) in [6.45, 7) is 10.8. The molecule has 8 heteroatoms. The maximum atomic E-state index is 10.5. The third-order valence-electron chi connectivity index (χ3n) is 8.65. The second-order valence-electron chi connectivity index (χ2n) is 12.8. The average Bonchev–Trinajstić information content (AvgIpc) is 4.01. The molecule has 2 atom stereocenters. The molecule has 2 aliphatic heterocycles. The molecule has 4 aromatic carbocycles. The molecule has 0 radical (unpaired) electrons. The molecular formula is C38H42O8. The van der Waals surface area contributed by atoms with Crippen molar-refractivity contribution in [3.8, 4) is 23.0 Å². The number of hydrogen-bond acceptors (Lipinski definition) is 8. The first-order valence-electron chi connectivity index (χ1n) is 15.7. The normalized spacial score (nSPS) is 16.8. The van der Waals surface area contributed by atoms with Crippen molar-refractivity contribution in [3.63, 3.8) is 0 Å². The van der Waals surface area contributed by atoms with Gasteiger partial charge in [-0.3, -0.25) is 0 Å². The highest BCUT2D eigenvalue weighted by molar-refractivity contribution is 5.43. The number of benzene rings is 4. The molecule has 2 aliphatic rings. The lowest BCUT2D eigenvalue weighted by molar-refractivity contribution is 0.0626. The van der Waals surface area contributed by atoms with Gasteiger partial charge in [0.15, 0.2) is 0 Å². The van der Waals surface area contributed by atoms with E-state index in [1.807, 2.05) is 48.5 Å². The molecule has 0 aromatic heterocycles. The van der Waals surface area contributed by atoms with E-state index in [0.717, 1.165) is 34.8 Å². The first-order chi connectivity index (χ1) is 22.2. The van der Waals surface area contributed by atoms with Crippen LogP contribution in [0.15, 0.2) is 97.1 Å². The molecule has 0 spiro atoms. The van der Waals surface area contributed by atoms with E-state index < -0.39 is 6.10 Å². The Morgan fingerprint density at radius 3 is 1.22 bits per heavy atom. The minimum Gasteiger partial charge on any atom is -0.491 e. The number of aliphatic hydroxyl groups excluding tert-OH is 1. The Labute approximate surface area is 270 Å². The molecule has 242 valence electrons. The molecule has 46 heavy (non-hydrogen) atoms. The lowest BCUT2D eigenvalue weighted by atomic mass is 9.78. The number of ether oxygens (including phenoxy) is 5. The first-order valence-corrected chi connectivity index (χ1v) is 15.7. The molecule has 6 rings (SSSR count). The number of epoxide rings is 1. The standard InChI is InChI=1S/C38H42O8/c1-37(2,28-9-17-33(18-10-28)42-23-35-24-43-35)26-5-13-31(14-6-26)40-21-30(39)22-41-32-15-7-27(8-16-32)38(3,4)29-11-19-34(20-12-29)44-25-36-45-46-36/h5-20,30,35-36,39H,21-25H2,1-4H3. The van der Waals surface area contributed by atoms with Crippen molar-refractivity contribution < 1.29 is 38.6 Å². The molecule has 0 amide bonds. The minimum atomic E-state index is -0.779. The quantitative estimate of drug-likeness (QED) is 0.110. The van der Waals surface area contributed by atoms with Gasteiger partial charge in [-0.1, -0.05) is 76.2 Å². The van der Waals surface area contributed by atoms with Crippen LogP contribution in [0.1, 0.15) is 49.9 Å². The second-order valence-corrected chi connectivity index (χ2v) is 12.8. The highest BCUT2D eigenvalue weighted by Crippen LogP contribution is 2.35. The zero-order valence-corrected chi connectivity index (χ0v) is 26.8. The summed E-state index contributed by atoms with van der Waals surface area (Å²) < 4.78 is 28.4. The van der Waals surface area contributed by atoms with Crippen molar-refractivity contribution in [1.29, 1.82) is 0 Å². The van der Waals surface area contributed by atoms with Crippen molar-refractivity contribution in [2.45, 2.75) is 57.0 Å². The molecule has 2 saturated heterocycles. The van der Waals surface area contributed by atoms with Gasteiger partial charge in [-0.05, 0) is 70.8 Å². The summed E-state index contributed by atoms with van der Waals surface area (Å²) in [4.78, 5) is 9.43. The van der Waals surface area contributed by atoms with E-state index in [4.69, 9.17) is 33.5 Å². The first kappa shape index (κ1) is 31.9. The third kappa shape index (κ3) is 8.19. The van der Waals surface area contributed by atoms with E-state index in [-0.39, 0.29) is 36.4 Å². The Morgan fingerprint density at radius 1 is 0.565 bits per heavy atom. The molecule has 1 N–H and O–H groups in total. The number of hydrogen-bond donors (Lipinski definition) is 1. The lowest BCUT2D eigenvalue weighted by Crippen LogP contribution is -2.25. The predicted molar refractivity (Wildman–Crippen MR) is 174 cm³/mol. The van der Waals surface area contributed by atoms with Gasteiger partial charge in [0.25, 0.3) is 6.29 Å². The van der Waals surface area contributed by atoms with Gasteiger partial charge in [0.05, 0.1) is 6.61 Å². The van der Waals surface area contributed by atoms with Crippen LogP contribution in [-0.2, 0) is 25.3 Å². The van der Waals surface area contributed by atoms with Crippen LogP contribution in [0.25, 0.3) is 0 Å². The predicted octanol–water partition coefficient (Wildman–Crippen LogP) is 6.60. The van der Waals surface area contributed by atoms with E-state index in [2.05, 4.69) is 76.2 Å². The van der Waals surface area contributed by atoms with E-state index >= 15 is 0 Å². The summed E-state index contributed by atoms with van der Waals surface area (Å²) in [5.41, 5.74) is 4.25. The fourth-order valence-corrected chi connectivity index (χ4v) is 5.25. The average molecular weight is 627 g/mol. The lowest BCUT2D eigenvalue weighted by Gasteiger charge is -2.26. The Hall–Kier alpha value is -4.08. The van der Waals surface area contributed by atoms with Gasteiger partial charge in [-0.15, -0.1) is 0 Å². The van der Waals surface area contributed by atoms with Crippen LogP contribution in [0.5, 0.6) is 23.0 Å². The Morgan fingerprint density at radius 2 is 0.891 bits per heavy atom. The molecule has 0 saturated carbocycles. The van der Waals surface area contributed by atoms with E-state index in [1.54, 1.807) is 0 Å². The second kappa shape index (κ2) is 13.7. The Kier molecular flexibility index (Phi) is 9.52. The summed E-state index contributed by atoms with van der Waals surface area (Å²) in [6.07, 6.45) is -0.799. The fraction of sp³-hybridized carbons (Fsp3) is 0.368. The van der Waals surface area contributed by atoms with Crippen LogP contribution in [0.3, 0.4) is 0 Å². The maximum Gasteiger partial charge on any atom is 0.258 e. The molecular weight excluding hydrogens is 584 g/mol. The van der Waals surface area contributed by atoms with Crippen LogP contribution in [0, 0.1) is 0 Å². The minimum absolute atomic E-state index is 0.125. The van der Waals surface area contributed by atoms with Gasteiger partial charge in [-0.2, -0.15) is 9.78 Å². The van der Waals surface area contributed by atoms with Crippen LogP contribution >= 0.6 is 0 Å². The summed E-state index contributed by atoms with van der Waals surface area (Å²) in [6, 6.07) is 32.3. The smallest absolute Gasteiger partial charge is 0.258 e. The van der Waals surface area contributed by atoms with E-state index in [1.165, 1.54) is 5.56 Å². The number of aliphatic hydroxyl groups is 1. The van der Waals surface area contributed by atoms with Gasteiger partial charge in [0.1, 0.15) is 61.6 Å². The largest absolute Gasteiger partial charge is 0.491 e. The Bertz CT molecular complexity index is 1420. The van der Waals surface area contributed by atoms with Crippen LogP contribution in [0.2, 0.25) is 0 Å². The summed E-state index contributed by atoms with van der Waals surface area (Å²) in [5, 5.41) is 10.5. The molecule has 0 bridgehead atoms. The monoisotopic (exact) mass is 626 g/mol. The summed E-state index contributed by atoms with van der Waals surface area (Å²) in [7, 11) is 0. The zero-order chi connectivity index (χ0) is 32.1. The number of rotatable bonds is 16. The highest BCUT2D eigenvalue weighted by atomic mass is 17.4. The van der Waals surface area contributed by atoms with Crippen molar-refractivity contribution in [1.82, 2.24) is 0 Å². The molecule has 2 heterocycles. The van der Waals surface area contributed by atoms with Gasteiger partial charge >= 0.3 is 0 Å². The SMILES string of the molecule is CC(C)(c1ccc(OCC(O)COc2ccc(C(C)(C)c3ccc(OCC4OO4)cc3)cc2)cc1)c1ccc(OCC2CO2)cc1. The van der Waals surface area contributed by atoms with Gasteiger partial charge < -0.3 is 28.8 Å². The molecule has 2 fully saturated rings. The van der Waals surface area contributed by atoms with Crippen molar-refractivity contribution in [2.75, 3.05) is 33.0 Å². The van der Waals surface area contributed by atoms with Crippen molar-refractivity contribution in [3.05, 3.63) is 119 Å². The van der Waals surface area contributed by atoms with Crippen LogP contribution in [-0.4, -0.2) is 56.6 Å². The highest BCUT2D eigenvalue weighted by Gasteiger charge is 2.28. The Balaban J connectivity index is 0.952. The van der Waals surface area contributed by atoms with Crippen molar-refractivity contribution in [2.24, 2.45) is 0 Å². The summed E-state index contributed by atoms with van der Waals surface area (Å²) >= 11 is 0. The summed E-state index contributed by atoms with van der Waals surface area (Å²) in [5.74, 6) is 3.01. The zero-order valence-electron chi connectivity index (χ0n) is 26.8. The van der Waals surface area contributed by atoms with Crippen LogP contribution < -0.4 is 18.9 Å². The topological polar surface area (TPSA) is 94.7 Å². The maximum absolute atomic E-state index is 10.5. The molecule has 2 unspecified atom stereocenters. The fourth-order valence-electron chi connectivity index (χ4n) is 5.25.